The van der Waals surface area contributed by atoms with Gasteiger partial charge in [0.1, 0.15) is 35.9 Å². The Bertz CT molecular complexity index is 718. The molecule has 1 saturated heterocycles. The van der Waals surface area contributed by atoms with Crippen LogP contribution >= 0.6 is 0 Å². The number of benzene rings is 1. The molecule has 6 atom stereocenters. The van der Waals surface area contributed by atoms with E-state index in [0.717, 1.165) is 22.3 Å². The molecule has 0 radical (unpaired) electrons. The van der Waals surface area contributed by atoms with Gasteiger partial charge in [0, 0.05) is 18.9 Å². The highest BCUT2D eigenvalue weighted by Crippen LogP contribution is 2.44. The van der Waals surface area contributed by atoms with Gasteiger partial charge in [-0.25, -0.2) is 0 Å². The third kappa shape index (κ3) is 3.41. The van der Waals surface area contributed by atoms with E-state index in [1.807, 2.05) is 20.8 Å². The third-order valence-electron chi connectivity index (χ3n) is 5.70. The number of fused-ring (bicyclic) bond motifs is 1. The molecule has 5 N–H and O–H groups in total. The van der Waals surface area contributed by atoms with Crippen molar-refractivity contribution in [1.29, 1.82) is 0 Å². The average Bonchev–Trinajstić information content (AvgIpc) is 2.65. The molecular formula is C19H28O8. The number of aliphatic hydroxyl groups excluding tert-OH is 4. The van der Waals surface area contributed by atoms with Gasteiger partial charge in [0.15, 0.2) is 6.29 Å². The minimum atomic E-state index is -1.51. The van der Waals surface area contributed by atoms with E-state index in [4.69, 9.17) is 14.2 Å². The Kier molecular flexibility index (Phi) is 5.42. The predicted molar refractivity (Wildman–Crippen MR) is 94.5 cm³/mol. The topological polar surface area (TPSA) is 129 Å². The van der Waals surface area contributed by atoms with E-state index in [0.29, 0.717) is 18.6 Å². The van der Waals surface area contributed by atoms with Gasteiger partial charge < -0.3 is 39.7 Å². The summed E-state index contributed by atoms with van der Waals surface area (Å²) in [7, 11) is 0. The van der Waals surface area contributed by atoms with E-state index in [-0.39, 0.29) is 5.75 Å². The first-order chi connectivity index (χ1) is 12.6. The zero-order valence-corrected chi connectivity index (χ0v) is 16.0. The Morgan fingerprint density at radius 1 is 1.04 bits per heavy atom. The number of aromatic hydroxyl groups is 1. The van der Waals surface area contributed by atoms with Gasteiger partial charge in [-0.15, -0.1) is 0 Å². The molecule has 2 heterocycles. The van der Waals surface area contributed by atoms with Crippen LogP contribution in [0.4, 0.5) is 0 Å². The van der Waals surface area contributed by atoms with Crippen molar-refractivity contribution in [2.24, 2.45) is 0 Å². The molecule has 8 nitrogen and oxygen atoms in total. The van der Waals surface area contributed by atoms with Crippen LogP contribution in [0.5, 0.6) is 11.5 Å². The zero-order valence-electron chi connectivity index (χ0n) is 16.0. The second-order valence-electron chi connectivity index (χ2n) is 7.58. The quantitative estimate of drug-likeness (QED) is 0.499. The summed E-state index contributed by atoms with van der Waals surface area (Å²) in [5.41, 5.74) is 3.20. The van der Waals surface area contributed by atoms with Crippen LogP contribution in [0, 0.1) is 20.8 Å². The molecule has 152 valence electrons. The summed E-state index contributed by atoms with van der Waals surface area (Å²) >= 11 is 0. The maximum Gasteiger partial charge on any atom is 0.210 e. The van der Waals surface area contributed by atoms with Gasteiger partial charge >= 0.3 is 0 Å². The van der Waals surface area contributed by atoms with Crippen LogP contribution in [0.2, 0.25) is 0 Å². The van der Waals surface area contributed by atoms with Gasteiger partial charge in [-0.3, -0.25) is 0 Å². The molecule has 0 amide bonds. The maximum absolute atomic E-state index is 10.3. The van der Waals surface area contributed by atoms with Crippen LogP contribution in [0.15, 0.2) is 0 Å². The van der Waals surface area contributed by atoms with Crippen molar-refractivity contribution in [3.8, 4) is 11.5 Å². The lowest BCUT2D eigenvalue weighted by atomic mass is 9.91. The molecule has 1 fully saturated rings. The van der Waals surface area contributed by atoms with Crippen molar-refractivity contribution < 1.29 is 39.7 Å². The highest BCUT2D eigenvalue weighted by molar-refractivity contribution is 5.58. The molecule has 1 unspecified atom stereocenters. The Labute approximate surface area is 157 Å². The molecule has 2 aliphatic heterocycles. The molecule has 2 aliphatic rings. The second kappa shape index (κ2) is 7.20. The van der Waals surface area contributed by atoms with E-state index in [9.17, 15) is 25.5 Å². The van der Waals surface area contributed by atoms with Crippen molar-refractivity contribution in [2.75, 3.05) is 6.61 Å². The Morgan fingerprint density at radius 3 is 2.33 bits per heavy atom. The lowest BCUT2D eigenvalue weighted by Crippen LogP contribution is -2.61. The Morgan fingerprint density at radius 2 is 1.70 bits per heavy atom. The Balaban J connectivity index is 1.85. The van der Waals surface area contributed by atoms with Crippen LogP contribution in [0.25, 0.3) is 0 Å². The van der Waals surface area contributed by atoms with Crippen molar-refractivity contribution in [3.05, 3.63) is 22.3 Å². The van der Waals surface area contributed by atoms with Gasteiger partial charge in [0.25, 0.3) is 0 Å². The standard InChI is InChI=1S/C19H28O8/c1-8-9(2)17-11(10(3)13(8)21)5-6-19(4,26-17)27-18-16(24)15(23)14(22)12(7-20)25-18/h12,14-16,18,20-24H,5-7H2,1-4H3/t12-,14-,15+,16-,18-,19?/m0/s1. The summed E-state index contributed by atoms with van der Waals surface area (Å²) in [4.78, 5) is 0. The molecule has 1 aromatic carbocycles. The summed E-state index contributed by atoms with van der Waals surface area (Å²) in [6.07, 6.45) is -5.75. The third-order valence-corrected chi connectivity index (χ3v) is 5.70. The Hall–Kier alpha value is -1.42. The molecule has 0 saturated carbocycles. The number of ether oxygens (including phenoxy) is 3. The number of hydrogen-bond donors (Lipinski definition) is 5. The number of phenols is 1. The fraction of sp³-hybridized carbons (Fsp3) is 0.684. The van der Waals surface area contributed by atoms with Crippen LogP contribution in [-0.2, 0) is 15.9 Å². The van der Waals surface area contributed by atoms with Gasteiger partial charge in [0.05, 0.1) is 6.61 Å². The lowest BCUT2D eigenvalue weighted by Gasteiger charge is -2.44. The molecular weight excluding hydrogens is 356 g/mol. The summed E-state index contributed by atoms with van der Waals surface area (Å²) in [6.45, 7) is 6.68. The highest BCUT2D eigenvalue weighted by Gasteiger charge is 2.48. The molecule has 0 aromatic heterocycles. The smallest absolute Gasteiger partial charge is 0.210 e. The zero-order chi connectivity index (χ0) is 20.1. The minimum absolute atomic E-state index is 0.258. The van der Waals surface area contributed by atoms with Crippen molar-refractivity contribution >= 4 is 0 Å². The first kappa shape index (κ1) is 20.3. The van der Waals surface area contributed by atoms with E-state index in [2.05, 4.69) is 0 Å². The second-order valence-corrected chi connectivity index (χ2v) is 7.58. The number of aliphatic hydroxyl groups is 4. The summed E-state index contributed by atoms with van der Waals surface area (Å²) in [5, 5.41) is 49.6. The summed E-state index contributed by atoms with van der Waals surface area (Å²) in [5.74, 6) is -0.268. The van der Waals surface area contributed by atoms with E-state index < -0.39 is 43.1 Å². The SMILES string of the molecule is Cc1c(C)c2c(c(C)c1O)CCC(C)(O[C@@H]1O[C@@H](CO)[C@H](O)[C@@H](O)[C@@H]1O)O2. The first-order valence-corrected chi connectivity index (χ1v) is 9.08. The molecule has 27 heavy (non-hydrogen) atoms. The fourth-order valence-corrected chi connectivity index (χ4v) is 3.72. The average molecular weight is 384 g/mol. The van der Waals surface area contributed by atoms with E-state index in [1.165, 1.54) is 0 Å². The van der Waals surface area contributed by atoms with Crippen molar-refractivity contribution in [2.45, 2.75) is 77.0 Å². The van der Waals surface area contributed by atoms with E-state index in [1.54, 1.807) is 6.92 Å². The molecule has 8 heteroatoms. The largest absolute Gasteiger partial charge is 0.507 e. The molecule has 0 spiro atoms. The highest BCUT2D eigenvalue weighted by atomic mass is 16.8. The van der Waals surface area contributed by atoms with Gasteiger partial charge in [-0.05, 0) is 43.9 Å². The maximum atomic E-state index is 10.3. The molecule has 1 aromatic rings. The molecule has 0 aliphatic carbocycles. The monoisotopic (exact) mass is 384 g/mol. The number of rotatable bonds is 3. The first-order valence-electron chi connectivity index (χ1n) is 9.08. The number of phenolic OH excluding ortho intramolecular Hbond substituents is 1. The predicted octanol–water partition coefficient (Wildman–Crippen LogP) is 0.175. The van der Waals surface area contributed by atoms with Crippen LogP contribution < -0.4 is 4.74 Å². The van der Waals surface area contributed by atoms with Crippen LogP contribution in [-0.4, -0.2) is 68.6 Å². The van der Waals surface area contributed by atoms with Gasteiger partial charge in [-0.2, -0.15) is 0 Å². The summed E-state index contributed by atoms with van der Waals surface area (Å²) < 4.78 is 17.4. The van der Waals surface area contributed by atoms with Crippen molar-refractivity contribution in [3.63, 3.8) is 0 Å². The lowest BCUT2D eigenvalue weighted by molar-refractivity contribution is -0.354. The number of hydrogen-bond acceptors (Lipinski definition) is 8. The minimum Gasteiger partial charge on any atom is -0.507 e. The van der Waals surface area contributed by atoms with Gasteiger partial charge in [0.2, 0.25) is 5.79 Å². The molecule has 0 bridgehead atoms. The van der Waals surface area contributed by atoms with Crippen LogP contribution in [0.1, 0.15) is 35.6 Å². The summed E-state index contributed by atoms with van der Waals surface area (Å²) in [6, 6.07) is 0. The normalized spacial score (nSPS) is 36.2. The van der Waals surface area contributed by atoms with Crippen LogP contribution in [0.3, 0.4) is 0 Å². The fourth-order valence-electron chi connectivity index (χ4n) is 3.72. The van der Waals surface area contributed by atoms with Crippen molar-refractivity contribution in [1.82, 2.24) is 0 Å². The van der Waals surface area contributed by atoms with E-state index >= 15 is 0 Å². The van der Waals surface area contributed by atoms with Gasteiger partial charge in [-0.1, -0.05) is 0 Å². The molecule has 3 rings (SSSR count).